The van der Waals surface area contributed by atoms with Crippen LogP contribution in [0.4, 0.5) is 0 Å². The van der Waals surface area contributed by atoms with Gasteiger partial charge in [-0.3, -0.25) is 4.79 Å². The number of aliphatic hydroxyl groups excluding tert-OH is 1. The summed E-state index contributed by atoms with van der Waals surface area (Å²) < 4.78 is 1.51. The van der Waals surface area contributed by atoms with Crippen molar-refractivity contribution in [3.8, 4) is 0 Å². The van der Waals surface area contributed by atoms with Crippen LogP contribution < -0.4 is 5.73 Å². The Kier molecular flexibility index (Phi) is 2.38. The maximum Gasteiger partial charge on any atom is 0.284 e. The van der Waals surface area contributed by atoms with Crippen molar-refractivity contribution in [2.75, 3.05) is 6.61 Å². The van der Waals surface area contributed by atoms with Gasteiger partial charge < -0.3 is 15.4 Å². The highest BCUT2D eigenvalue weighted by atomic mass is 16.3. The number of aliphatic hydroxyl groups is 1. The Labute approximate surface area is 76.2 Å². The van der Waals surface area contributed by atoms with Crippen molar-refractivity contribution in [3.05, 3.63) is 18.2 Å². The van der Waals surface area contributed by atoms with E-state index in [-0.39, 0.29) is 12.4 Å². The zero-order valence-corrected chi connectivity index (χ0v) is 7.61. The van der Waals surface area contributed by atoms with Gasteiger partial charge in [0.05, 0.1) is 12.1 Å². The summed E-state index contributed by atoms with van der Waals surface area (Å²) >= 11 is 0. The van der Waals surface area contributed by atoms with Crippen LogP contribution in [0.3, 0.4) is 0 Å². The summed E-state index contributed by atoms with van der Waals surface area (Å²) in [5.41, 5.74) is 4.50. The van der Waals surface area contributed by atoms with Crippen molar-refractivity contribution < 1.29 is 9.90 Å². The molecule has 0 aromatic carbocycles. The number of aromatic nitrogens is 2. The van der Waals surface area contributed by atoms with E-state index in [1.807, 2.05) is 0 Å². The third-order valence-electron chi connectivity index (χ3n) is 1.84. The molecule has 0 aliphatic rings. The fraction of sp³-hybridized carbons (Fsp3) is 0.500. The van der Waals surface area contributed by atoms with Crippen molar-refractivity contribution in [2.45, 2.75) is 19.4 Å². The molecule has 5 heteroatoms. The molecule has 0 spiro atoms. The highest BCUT2D eigenvalue weighted by Gasteiger charge is 2.23. The standard InChI is InChI=1S/C8H12N3O2/c1-8(2,5-12)11-4-3-10-7(11)6(9)13/h4,12H,5H2,1-2H3,(H2,9,13). The Morgan fingerprint density at radius 2 is 2.46 bits per heavy atom. The number of carbonyl (C=O) groups excluding carboxylic acids is 1. The number of carbonyl (C=O) groups is 1. The molecule has 0 saturated heterocycles. The molecule has 0 aliphatic carbocycles. The topological polar surface area (TPSA) is 81.1 Å². The zero-order valence-electron chi connectivity index (χ0n) is 7.61. The highest BCUT2D eigenvalue weighted by Crippen LogP contribution is 2.15. The van der Waals surface area contributed by atoms with Gasteiger partial charge in [0.2, 0.25) is 0 Å². The smallest absolute Gasteiger partial charge is 0.284 e. The van der Waals surface area contributed by atoms with Gasteiger partial charge in [-0.2, -0.15) is 0 Å². The van der Waals surface area contributed by atoms with E-state index in [2.05, 4.69) is 11.2 Å². The quantitative estimate of drug-likeness (QED) is 0.661. The van der Waals surface area contributed by atoms with E-state index < -0.39 is 11.4 Å². The molecule has 1 heterocycles. The zero-order chi connectivity index (χ0) is 10.1. The normalized spacial score (nSPS) is 11.6. The second-order valence-electron chi connectivity index (χ2n) is 3.40. The average molecular weight is 182 g/mol. The van der Waals surface area contributed by atoms with Gasteiger partial charge in [0.1, 0.15) is 6.20 Å². The summed E-state index contributed by atoms with van der Waals surface area (Å²) in [5, 5.41) is 9.06. The number of nitrogens with two attached hydrogens (primary N) is 1. The molecule has 3 N–H and O–H groups in total. The van der Waals surface area contributed by atoms with Gasteiger partial charge in [0.25, 0.3) is 5.91 Å². The van der Waals surface area contributed by atoms with Crippen LogP contribution >= 0.6 is 0 Å². The van der Waals surface area contributed by atoms with Crippen LogP contribution in [0.1, 0.15) is 24.5 Å². The number of nitrogens with zero attached hydrogens (tertiary/aromatic N) is 2. The van der Waals surface area contributed by atoms with Gasteiger partial charge >= 0.3 is 0 Å². The minimum Gasteiger partial charge on any atom is -0.394 e. The molecular weight excluding hydrogens is 170 g/mol. The van der Waals surface area contributed by atoms with Gasteiger partial charge in [0.15, 0.2) is 5.82 Å². The highest BCUT2D eigenvalue weighted by molar-refractivity contribution is 5.89. The van der Waals surface area contributed by atoms with E-state index in [4.69, 9.17) is 10.8 Å². The van der Waals surface area contributed by atoms with Crippen LogP contribution in [0, 0.1) is 6.20 Å². The van der Waals surface area contributed by atoms with Crippen molar-refractivity contribution in [1.29, 1.82) is 0 Å². The van der Waals surface area contributed by atoms with E-state index in [9.17, 15) is 4.79 Å². The van der Waals surface area contributed by atoms with Crippen LogP contribution in [-0.4, -0.2) is 27.2 Å². The van der Waals surface area contributed by atoms with Crippen molar-refractivity contribution in [2.24, 2.45) is 5.73 Å². The molecule has 0 unspecified atom stereocenters. The lowest BCUT2D eigenvalue weighted by Crippen LogP contribution is -2.34. The van der Waals surface area contributed by atoms with Gasteiger partial charge in [-0.15, -0.1) is 0 Å². The van der Waals surface area contributed by atoms with E-state index in [1.54, 1.807) is 13.8 Å². The Morgan fingerprint density at radius 3 is 2.92 bits per heavy atom. The van der Waals surface area contributed by atoms with Crippen molar-refractivity contribution in [1.82, 2.24) is 9.55 Å². The molecule has 71 valence electrons. The van der Waals surface area contributed by atoms with E-state index >= 15 is 0 Å². The third kappa shape index (κ3) is 1.70. The fourth-order valence-electron chi connectivity index (χ4n) is 0.974. The first-order valence-corrected chi connectivity index (χ1v) is 3.85. The molecule has 0 atom stereocenters. The molecule has 13 heavy (non-hydrogen) atoms. The monoisotopic (exact) mass is 182 g/mol. The van der Waals surface area contributed by atoms with E-state index in [0.717, 1.165) is 0 Å². The average Bonchev–Trinajstić information content (AvgIpc) is 2.52. The number of hydrogen-bond acceptors (Lipinski definition) is 3. The first-order valence-electron chi connectivity index (χ1n) is 3.85. The maximum atomic E-state index is 10.9. The summed E-state index contributed by atoms with van der Waals surface area (Å²) in [6, 6.07) is 0. The first kappa shape index (κ1) is 9.73. The molecule has 1 amide bonds. The Balaban J connectivity index is 3.14. The molecular formula is C8H12N3O2. The van der Waals surface area contributed by atoms with Gasteiger partial charge in [-0.25, -0.2) is 4.98 Å². The fourth-order valence-corrected chi connectivity index (χ4v) is 0.974. The predicted octanol–water partition coefficient (Wildman–Crippen LogP) is -0.490. The molecule has 0 saturated carbocycles. The Bertz CT molecular complexity index is 317. The SMILES string of the molecule is CC(C)(CO)n1c[c]nc1C(N)=O. The minimum atomic E-state index is -0.622. The largest absolute Gasteiger partial charge is 0.394 e. The van der Waals surface area contributed by atoms with Crippen LogP contribution in [0.15, 0.2) is 6.20 Å². The number of amides is 1. The molecule has 0 bridgehead atoms. The van der Waals surface area contributed by atoms with Crippen LogP contribution in [0.25, 0.3) is 0 Å². The second-order valence-corrected chi connectivity index (χ2v) is 3.40. The lowest BCUT2D eigenvalue weighted by molar-refractivity contribution is 0.0966. The maximum absolute atomic E-state index is 10.9. The number of primary amides is 1. The van der Waals surface area contributed by atoms with Crippen molar-refractivity contribution >= 4 is 5.91 Å². The number of imidazole rings is 1. The van der Waals surface area contributed by atoms with Gasteiger partial charge in [-0.05, 0) is 13.8 Å². The molecule has 0 fully saturated rings. The van der Waals surface area contributed by atoms with Crippen molar-refractivity contribution in [3.63, 3.8) is 0 Å². The summed E-state index contributed by atoms with van der Waals surface area (Å²) in [6.45, 7) is 3.45. The molecule has 5 nitrogen and oxygen atoms in total. The molecule has 1 aromatic heterocycles. The Hall–Kier alpha value is -1.36. The van der Waals surface area contributed by atoms with Crippen LogP contribution in [0.5, 0.6) is 0 Å². The molecule has 1 rings (SSSR count). The molecule has 1 radical (unpaired) electrons. The second kappa shape index (κ2) is 3.18. The van der Waals surface area contributed by atoms with Crippen LogP contribution in [0.2, 0.25) is 0 Å². The summed E-state index contributed by atoms with van der Waals surface area (Å²) in [7, 11) is 0. The number of hydrogen-bond donors (Lipinski definition) is 2. The third-order valence-corrected chi connectivity index (χ3v) is 1.84. The van der Waals surface area contributed by atoms with E-state index in [1.165, 1.54) is 10.8 Å². The van der Waals surface area contributed by atoms with E-state index in [0.29, 0.717) is 0 Å². The lowest BCUT2D eigenvalue weighted by Gasteiger charge is -2.24. The van der Waals surface area contributed by atoms with Gasteiger partial charge in [-0.1, -0.05) is 0 Å². The molecule has 1 aromatic rings. The Morgan fingerprint density at radius 1 is 1.85 bits per heavy atom. The summed E-state index contributed by atoms with van der Waals surface area (Å²) in [5.74, 6) is -0.512. The number of rotatable bonds is 3. The van der Waals surface area contributed by atoms with Gasteiger partial charge in [0, 0.05) is 6.20 Å². The predicted molar refractivity (Wildman–Crippen MR) is 46.0 cm³/mol. The minimum absolute atomic E-state index is 0.0997. The summed E-state index contributed by atoms with van der Waals surface area (Å²) in [4.78, 5) is 14.6. The first-order chi connectivity index (χ1) is 5.99. The van der Waals surface area contributed by atoms with Crippen LogP contribution in [-0.2, 0) is 5.54 Å². The summed E-state index contributed by atoms with van der Waals surface area (Å²) in [6.07, 6.45) is 4.02. The molecule has 0 aliphatic heterocycles. The lowest BCUT2D eigenvalue weighted by atomic mass is 10.1.